The summed E-state index contributed by atoms with van der Waals surface area (Å²) in [6.07, 6.45) is 7.54. The summed E-state index contributed by atoms with van der Waals surface area (Å²) in [5.41, 5.74) is 8.87. The van der Waals surface area contributed by atoms with Crippen LogP contribution in [-0.4, -0.2) is 9.78 Å². The van der Waals surface area contributed by atoms with Crippen LogP contribution in [0.25, 0.3) is 0 Å². The van der Waals surface area contributed by atoms with Crippen LogP contribution >= 0.6 is 0 Å². The lowest BCUT2D eigenvalue weighted by molar-refractivity contribution is 0.308. The third-order valence-electron chi connectivity index (χ3n) is 4.08. The quantitative estimate of drug-likeness (QED) is 0.834. The molecule has 0 atom stereocenters. The van der Waals surface area contributed by atoms with E-state index in [2.05, 4.69) is 18.9 Å². The molecular formula is C13H23N3. The van der Waals surface area contributed by atoms with Crippen molar-refractivity contribution in [1.82, 2.24) is 9.78 Å². The number of aryl methyl sites for hydroxylation is 1. The van der Waals surface area contributed by atoms with Crippen molar-refractivity contribution in [1.29, 1.82) is 0 Å². The molecule has 0 bridgehead atoms. The highest BCUT2D eigenvalue weighted by molar-refractivity contribution is 5.46. The molecule has 3 nitrogen and oxygen atoms in total. The van der Waals surface area contributed by atoms with Crippen molar-refractivity contribution in [2.45, 2.75) is 57.8 Å². The molecule has 0 radical (unpaired) electrons. The normalized spacial score (nSPS) is 19.9. The van der Waals surface area contributed by atoms with Crippen LogP contribution in [0.15, 0.2) is 0 Å². The molecule has 0 unspecified atom stereocenters. The fraction of sp³-hybridized carbons (Fsp3) is 0.769. The van der Waals surface area contributed by atoms with E-state index in [0.29, 0.717) is 0 Å². The van der Waals surface area contributed by atoms with Gasteiger partial charge in [-0.25, -0.2) is 0 Å². The third kappa shape index (κ3) is 1.72. The third-order valence-corrected chi connectivity index (χ3v) is 4.08. The highest BCUT2D eigenvalue weighted by Gasteiger charge is 2.34. The van der Waals surface area contributed by atoms with Crippen molar-refractivity contribution in [3.63, 3.8) is 0 Å². The van der Waals surface area contributed by atoms with E-state index < -0.39 is 0 Å². The largest absolute Gasteiger partial charge is 0.384 e. The summed E-state index contributed by atoms with van der Waals surface area (Å²) in [6.45, 7) is 4.52. The van der Waals surface area contributed by atoms with E-state index in [4.69, 9.17) is 5.73 Å². The number of rotatable bonds is 2. The Morgan fingerprint density at radius 2 is 1.94 bits per heavy atom. The lowest BCUT2D eigenvalue weighted by atomic mass is 9.72. The second-order valence-corrected chi connectivity index (χ2v) is 5.31. The van der Waals surface area contributed by atoms with Crippen LogP contribution in [0, 0.1) is 0 Å². The van der Waals surface area contributed by atoms with E-state index in [0.717, 1.165) is 12.2 Å². The number of hydrogen-bond acceptors (Lipinski definition) is 2. The zero-order valence-corrected chi connectivity index (χ0v) is 10.7. The molecule has 0 spiro atoms. The number of nitrogens with two attached hydrogens (primary N) is 1. The summed E-state index contributed by atoms with van der Waals surface area (Å²) < 4.78 is 1.84. The predicted octanol–water partition coefficient (Wildman–Crippen LogP) is 2.79. The minimum absolute atomic E-state index is 0.263. The minimum atomic E-state index is 0.263. The maximum Gasteiger partial charge on any atom is 0.124 e. The number of aromatic nitrogens is 2. The van der Waals surface area contributed by atoms with Crippen LogP contribution < -0.4 is 5.73 Å². The van der Waals surface area contributed by atoms with E-state index in [-0.39, 0.29) is 5.41 Å². The number of anilines is 1. The molecule has 0 aromatic carbocycles. The second kappa shape index (κ2) is 4.11. The topological polar surface area (TPSA) is 43.8 Å². The minimum Gasteiger partial charge on any atom is -0.384 e. The average molecular weight is 221 g/mol. The molecule has 1 heterocycles. The SMILES string of the molecule is CCc1c(C2(C)CCCCC2)nn(C)c1N. The lowest BCUT2D eigenvalue weighted by Crippen LogP contribution is -2.27. The van der Waals surface area contributed by atoms with Crippen molar-refractivity contribution in [3.05, 3.63) is 11.3 Å². The van der Waals surface area contributed by atoms with E-state index in [1.807, 2.05) is 11.7 Å². The van der Waals surface area contributed by atoms with Gasteiger partial charge in [0.15, 0.2) is 0 Å². The predicted molar refractivity (Wildman–Crippen MR) is 67.4 cm³/mol. The van der Waals surface area contributed by atoms with Gasteiger partial charge < -0.3 is 5.73 Å². The number of hydrogen-bond donors (Lipinski definition) is 1. The zero-order valence-electron chi connectivity index (χ0n) is 10.7. The van der Waals surface area contributed by atoms with Crippen molar-refractivity contribution in [2.24, 2.45) is 7.05 Å². The number of nitrogen functional groups attached to an aromatic ring is 1. The molecule has 0 aliphatic heterocycles. The molecule has 3 heteroatoms. The van der Waals surface area contributed by atoms with Crippen LogP contribution in [0.3, 0.4) is 0 Å². The maximum absolute atomic E-state index is 6.08. The van der Waals surface area contributed by atoms with Gasteiger partial charge in [0.2, 0.25) is 0 Å². The van der Waals surface area contributed by atoms with Gasteiger partial charge in [-0.05, 0) is 19.3 Å². The van der Waals surface area contributed by atoms with Gasteiger partial charge in [-0.3, -0.25) is 4.68 Å². The molecule has 2 rings (SSSR count). The van der Waals surface area contributed by atoms with Gasteiger partial charge in [-0.2, -0.15) is 5.10 Å². The summed E-state index contributed by atoms with van der Waals surface area (Å²) in [7, 11) is 1.95. The molecule has 1 aliphatic carbocycles. The van der Waals surface area contributed by atoms with Crippen LogP contribution in [0.1, 0.15) is 57.2 Å². The first-order valence-corrected chi connectivity index (χ1v) is 6.40. The van der Waals surface area contributed by atoms with Gasteiger partial charge in [-0.1, -0.05) is 33.1 Å². The van der Waals surface area contributed by atoms with Gasteiger partial charge in [0.1, 0.15) is 5.82 Å². The fourth-order valence-corrected chi connectivity index (χ4v) is 2.98. The summed E-state index contributed by atoms with van der Waals surface area (Å²) in [5, 5.41) is 4.67. The molecule has 1 aromatic rings. The molecule has 1 aromatic heterocycles. The second-order valence-electron chi connectivity index (χ2n) is 5.31. The first-order chi connectivity index (χ1) is 7.58. The highest BCUT2D eigenvalue weighted by atomic mass is 15.3. The maximum atomic E-state index is 6.08. The Hall–Kier alpha value is -0.990. The lowest BCUT2D eigenvalue weighted by Gasteiger charge is -2.32. The van der Waals surface area contributed by atoms with Crippen molar-refractivity contribution in [2.75, 3.05) is 5.73 Å². The molecule has 16 heavy (non-hydrogen) atoms. The van der Waals surface area contributed by atoms with Crippen molar-refractivity contribution in [3.8, 4) is 0 Å². The van der Waals surface area contributed by atoms with Crippen molar-refractivity contribution < 1.29 is 0 Å². The summed E-state index contributed by atoms with van der Waals surface area (Å²) in [4.78, 5) is 0. The van der Waals surface area contributed by atoms with Gasteiger partial charge in [0.25, 0.3) is 0 Å². The summed E-state index contributed by atoms with van der Waals surface area (Å²) in [6, 6.07) is 0. The van der Waals surface area contributed by atoms with E-state index >= 15 is 0 Å². The Morgan fingerprint density at radius 1 is 1.31 bits per heavy atom. The Morgan fingerprint density at radius 3 is 2.50 bits per heavy atom. The summed E-state index contributed by atoms with van der Waals surface area (Å²) in [5.74, 6) is 0.851. The molecule has 90 valence electrons. The van der Waals surface area contributed by atoms with E-state index in [1.165, 1.54) is 43.4 Å². The molecule has 1 saturated carbocycles. The van der Waals surface area contributed by atoms with Crippen LogP contribution in [0.2, 0.25) is 0 Å². The highest BCUT2D eigenvalue weighted by Crippen LogP contribution is 2.40. The van der Waals surface area contributed by atoms with Crippen LogP contribution in [0.4, 0.5) is 5.82 Å². The monoisotopic (exact) mass is 221 g/mol. The Bertz CT molecular complexity index is 373. The summed E-state index contributed by atoms with van der Waals surface area (Å²) >= 11 is 0. The Kier molecular flexibility index (Phi) is 2.96. The average Bonchev–Trinajstić information content (AvgIpc) is 2.57. The van der Waals surface area contributed by atoms with E-state index in [1.54, 1.807) is 0 Å². The number of nitrogens with zero attached hydrogens (tertiary/aromatic N) is 2. The Labute approximate surface area is 98.0 Å². The van der Waals surface area contributed by atoms with Crippen molar-refractivity contribution >= 4 is 5.82 Å². The molecule has 0 amide bonds. The fourth-order valence-electron chi connectivity index (χ4n) is 2.98. The smallest absolute Gasteiger partial charge is 0.124 e. The standard InChI is InChI=1S/C13H23N3/c1-4-10-11(15-16(3)12(10)14)13(2)8-6-5-7-9-13/h4-9,14H2,1-3H3. The van der Waals surface area contributed by atoms with Gasteiger partial charge in [0.05, 0.1) is 5.69 Å². The Balaban J connectivity index is 2.42. The van der Waals surface area contributed by atoms with Gasteiger partial charge in [-0.15, -0.1) is 0 Å². The first-order valence-electron chi connectivity index (χ1n) is 6.40. The molecule has 1 aliphatic rings. The molecule has 2 N–H and O–H groups in total. The van der Waals surface area contributed by atoms with Gasteiger partial charge >= 0.3 is 0 Å². The molecular weight excluding hydrogens is 198 g/mol. The van der Waals surface area contributed by atoms with Crippen LogP contribution in [-0.2, 0) is 18.9 Å². The molecule has 1 fully saturated rings. The van der Waals surface area contributed by atoms with E-state index in [9.17, 15) is 0 Å². The van der Waals surface area contributed by atoms with Gasteiger partial charge in [0, 0.05) is 18.0 Å². The molecule has 0 saturated heterocycles. The first kappa shape index (κ1) is 11.5. The van der Waals surface area contributed by atoms with Crippen LogP contribution in [0.5, 0.6) is 0 Å². The zero-order chi connectivity index (χ0) is 11.8.